The Morgan fingerprint density at radius 2 is 2.05 bits per heavy atom. The van der Waals surface area contributed by atoms with Crippen molar-refractivity contribution < 1.29 is 31.2 Å². The molecule has 1 fully saturated rings. The van der Waals surface area contributed by atoms with E-state index in [1.165, 1.54) is 0 Å². The molecule has 1 atom stereocenters. The highest BCUT2D eigenvalue weighted by Crippen LogP contribution is 2.20. The number of sulfonamides is 1. The summed E-state index contributed by atoms with van der Waals surface area (Å²) in [6, 6.07) is -1.02. The van der Waals surface area contributed by atoms with E-state index in [-0.39, 0.29) is 13.0 Å². The van der Waals surface area contributed by atoms with E-state index in [0.29, 0.717) is 12.8 Å². The molecule has 19 heavy (non-hydrogen) atoms. The predicted octanol–water partition coefficient (Wildman–Crippen LogP) is 0.411. The van der Waals surface area contributed by atoms with E-state index in [2.05, 4.69) is 4.84 Å². The molecular weight excluding hydrogens is 289 g/mol. The first-order valence-electron chi connectivity index (χ1n) is 5.56. The highest BCUT2D eigenvalue weighted by molar-refractivity contribution is 7.88. The zero-order valence-corrected chi connectivity index (χ0v) is 11.1. The first-order valence-corrected chi connectivity index (χ1v) is 7.41. The van der Waals surface area contributed by atoms with Gasteiger partial charge in [-0.05, 0) is 12.8 Å². The third-order valence-electron chi connectivity index (χ3n) is 2.59. The molecule has 1 amide bonds. The Balaban J connectivity index is 2.58. The zero-order chi connectivity index (χ0) is 14.7. The summed E-state index contributed by atoms with van der Waals surface area (Å²) in [5, 5.41) is 0. The van der Waals surface area contributed by atoms with Gasteiger partial charge in [0.05, 0.1) is 6.26 Å². The van der Waals surface area contributed by atoms with Crippen molar-refractivity contribution in [2.24, 2.45) is 0 Å². The molecule has 1 heterocycles. The second-order valence-corrected chi connectivity index (χ2v) is 6.19. The molecule has 6 nitrogen and oxygen atoms in total. The quantitative estimate of drug-likeness (QED) is 0.763. The van der Waals surface area contributed by atoms with Crippen molar-refractivity contribution in [3.05, 3.63) is 0 Å². The standard InChI is InChI=1S/C9H15F3N2O4S/c1-19(16,17)14-5-3-2-4-7(14)8(15)13-18-6-9(10,11)12/h7H,2-6H2,1H3,(H,13,15). The normalized spacial score (nSPS) is 22.2. The average molecular weight is 304 g/mol. The van der Waals surface area contributed by atoms with Crippen LogP contribution in [0.3, 0.4) is 0 Å². The highest BCUT2D eigenvalue weighted by Gasteiger charge is 2.35. The number of hydroxylamine groups is 1. The van der Waals surface area contributed by atoms with Crippen molar-refractivity contribution in [3.8, 4) is 0 Å². The minimum Gasteiger partial charge on any atom is -0.271 e. The fraction of sp³-hybridized carbons (Fsp3) is 0.889. The number of nitrogens with zero attached hydrogens (tertiary/aromatic N) is 1. The van der Waals surface area contributed by atoms with Crippen molar-refractivity contribution >= 4 is 15.9 Å². The van der Waals surface area contributed by atoms with E-state index >= 15 is 0 Å². The second kappa shape index (κ2) is 6.06. The number of carbonyl (C=O) groups excluding carboxylic acids is 1. The maximum atomic E-state index is 11.8. The maximum Gasteiger partial charge on any atom is 0.414 e. The first-order chi connectivity index (χ1) is 8.61. The summed E-state index contributed by atoms with van der Waals surface area (Å²) in [6.45, 7) is -1.44. The maximum absolute atomic E-state index is 11.8. The molecule has 1 saturated heterocycles. The van der Waals surface area contributed by atoms with Crippen LogP contribution in [0.15, 0.2) is 0 Å². The summed E-state index contributed by atoms with van der Waals surface area (Å²) in [5.74, 6) is -0.880. The lowest BCUT2D eigenvalue weighted by molar-refractivity contribution is -0.192. The summed E-state index contributed by atoms with van der Waals surface area (Å²) in [5.41, 5.74) is 1.65. The number of nitrogens with one attached hydrogen (secondary N) is 1. The molecule has 1 aliphatic rings. The van der Waals surface area contributed by atoms with E-state index in [9.17, 15) is 26.4 Å². The van der Waals surface area contributed by atoms with Crippen LogP contribution in [0.5, 0.6) is 0 Å². The molecule has 10 heteroatoms. The van der Waals surface area contributed by atoms with Crippen molar-refractivity contribution in [2.45, 2.75) is 31.5 Å². The Bertz CT molecular complexity index is 424. The molecular formula is C9H15F3N2O4S. The van der Waals surface area contributed by atoms with Crippen LogP contribution in [-0.4, -0.2) is 50.3 Å². The minimum absolute atomic E-state index is 0.177. The van der Waals surface area contributed by atoms with E-state index in [4.69, 9.17) is 0 Å². The van der Waals surface area contributed by atoms with Crippen molar-refractivity contribution in [1.82, 2.24) is 9.79 Å². The van der Waals surface area contributed by atoms with Crippen LogP contribution in [0, 0.1) is 0 Å². The van der Waals surface area contributed by atoms with E-state index < -0.39 is 34.8 Å². The van der Waals surface area contributed by atoms with Crippen molar-refractivity contribution in [3.63, 3.8) is 0 Å². The summed E-state index contributed by atoms with van der Waals surface area (Å²) in [7, 11) is -3.58. The van der Waals surface area contributed by atoms with Gasteiger partial charge in [-0.25, -0.2) is 13.9 Å². The van der Waals surface area contributed by atoms with Crippen LogP contribution in [0.25, 0.3) is 0 Å². The Hall–Kier alpha value is -0.870. The fourth-order valence-corrected chi connectivity index (χ4v) is 2.95. The van der Waals surface area contributed by atoms with E-state index in [0.717, 1.165) is 10.6 Å². The van der Waals surface area contributed by atoms with Gasteiger partial charge in [0, 0.05) is 6.54 Å². The van der Waals surface area contributed by atoms with Gasteiger partial charge in [-0.15, -0.1) is 0 Å². The van der Waals surface area contributed by atoms with Gasteiger partial charge < -0.3 is 0 Å². The molecule has 0 saturated carbocycles. The SMILES string of the molecule is CS(=O)(=O)N1CCCCC1C(=O)NOCC(F)(F)F. The third kappa shape index (κ3) is 5.33. The number of alkyl halides is 3. The molecule has 1 N–H and O–H groups in total. The molecule has 0 bridgehead atoms. The molecule has 0 radical (unpaired) electrons. The number of hydrogen-bond donors (Lipinski definition) is 1. The number of amides is 1. The molecule has 1 rings (SSSR count). The molecule has 0 aromatic carbocycles. The van der Waals surface area contributed by atoms with Gasteiger partial charge in [0.2, 0.25) is 10.0 Å². The molecule has 0 spiro atoms. The van der Waals surface area contributed by atoms with Crippen LogP contribution < -0.4 is 5.48 Å². The molecule has 0 aromatic heterocycles. The van der Waals surface area contributed by atoms with Crippen molar-refractivity contribution in [2.75, 3.05) is 19.4 Å². The fourth-order valence-electron chi connectivity index (χ4n) is 1.82. The van der Waals surface area contributed by atoms with Gasteiger partial charge in [0.25, 0.3) is 5.91 Å². The highest BCUT2D eigenvalue weighted by atomic mass is 32.2. The van der Waals surface area contributed by atoms with E-state index in [1.54, 1.807) is 5.48 Å². The van der Waals surface area contributed by atoms with Gasteiger partial charge in [0.15, 0.2) is 6.61 Å². The smallest absolute Gasteiger partial charge is 0.271 e. The lowest BCUT2D eigenvalue weighted by Crippen LogP contribution is -2.51. The molecule has 1 aliphatic heterocycles. The van der Waals surface area contributed by atoms with Crippen LogP contribution in [0.2, 0.25) is 0 Å². The summed E-state index contributed by atoms with van der Waals surface area (Å²) < 4.78 is 59.4. The minimum atomic E-state index is -4.56. The van der Waals surface area contributed by atoms with Crippen LogP contribution >= 0.6 is 0 Å². The Labute approximate surface area is 108 Å². The van der Waals surface area contributed by atoms with Gasteiger partial charge in [0.1, 0.15) is 6.04 Å². The van der Waals surface area contributed by atoms with Gasteiger partial charge in [-0.1, -0.05) is 6.42 Å². The topological polar surface area (TPSA) is 75.7 Å². The Morgan fingerprint density at radius 1 is 1.42 bits per heavy atom. The largest absolute Gasteiger partial charge is 0.414 e. The van der Waals surface area contributed by atoms with Gasteiger partial charge in [-0.3, -0.25) is 9.63 Å². The number of piperidine rings is 1. The second-order valence-electron chi connectivity index (χ2n) is 4.26. The molecule has 0 aliphatic carbocycles. The average Bonchev–Trinajstić information content (AvgIpc) is 2.26. The number of carbonyl (C=O) groups is 1. The Morgan fingerprint density at radius 3 is 2.58 bits per heavy atom. The van der Waals surface area contributed by atoms with Crippen LogP contribution in [0.1, 0.15) is 19.3 Å². The zero-order valence-electron chi connectivity index (χ0n) is 10.2. The van der Waals surface area contributed by atoms with Gasteiger partial charge >= 0.3 is 6.18 Å². The number of halogens is 3. The Kier molecular flexibility index (Phi) is 5.16. The van der Waals surface area contributed by atoms with Crippen LogP contribution in [-0.2, 0) is 19.7 Å². The summed E-state index contributed by atoms with van der Waals surface area (Å²) in [6.07, 6.45) is -2.11. The predicted molar refractivity (Wildman–Crippen MR) is 59.3 cm³/mol. The lowest BCUT2D eigenvalue weighted by atomic mass is 10.0. The molecule has 0 aromatic rings. The monoisotopic (exact) mass is 304 g/mol. The molecule has 1 unspecified atom stereocenters. The van der Waals surface area contributed by atoms with Crippen molar-refractivity contribution in [1.29, 1.82) is 0 Å². The van der Waals surface area contributed by atoms with E-state index in [1.807, 2.05) is 0 Å². The first kappa shape index (κ1) is 16.2. The number of rotatable bonds is 4. The molecule has 112 valence electrons. The lowest BCUT2D eigenvalue weighted by Gasteiger charge is -2.32. The van der Waals surface area contributed by atoms with Gasteiger partial charge in [-0.2, -0.15) is 17.5 Å². The van der Waals surface area contributed by atoms with Crippen LogP contribution in [0.4, 0.5) is 13.2 Å². The summed E-state index contributed by atoms with van der Waals surface area (Å²) in [4.78, 5) is 15.7. The number of hydrogen-bond acceptors (Lipinski definition) is 4. The third-order valence-corrected chi connectivity index (χ3v) is 3.88. The summed E-state index contributed by atoms with van der Waals surface area (Å²) >= 11 is 0.